The van der Waals surface area contributed by atoms with E-state index >= 15 is 0 Å². The lowest BCUT2D eigenvalue weighted by atomic mass is 10.1. The number of benzene rings is 1. The topological polar surface area (TPSA) is 110 Å². The van der Waals surface area contributed by atoms with Crippen LogP contribution in [0.1, 0.15) is 30.6 Å². The maximum absolute atomic E-state index is 11.4. The van der Waals surface area contributed by atoms with Gasteiger partial charge in [0.05, 0.1) is 5.56 Å². The average molecular weight is 264 g/mol. The Morgan fingerprint density at radius 1 is 1.32 bits per heavy atom. The first-order valence-corrected chi connectivity index (χ1v) is 6.12. The maximum Gasteiger partial charge on any atom is 0.250 e. The molecule has 0 bridgehead atoms. The Morgan fingerprint density at radius 2 is 2.00 bits per heavy atom. The van der Waals surface area contributed by atoms with Gasteiger partial charge in [-0.1, -0.05) is 0 Å². The summed E-state index contributed by atoms with van der Waals surface area (Å²) in [7, 11) is 0. The van der Waals surface area contributed by atoms with Crippen LogP contribution in [0, 0.1) is 0 Å². The number of rotatable bonds is 6. The third-order valence-electron chi connectivity index (χ3n) is 2.45. The summed E-state index contributed by atoms with van der Waals surface area (Å²) in [5.41, 5.74) is 12.2. The lowest BCUT2D eigenvalue weighted by molar-refractivity contribution is -0.121. The van der Waals surface area contributed by atoms with Crippen molar-refractivity contribution in [2.75, 3.05) is 17.6 Å². The van der Waals surface area contributed by atoms with Gasteiger partial charge in [0.2, 0.25) is 5.91 Å². The highest BCUT2D eigenvalue weighted by Crippen LogP contribution is 2.17. The first kappa shape index (κ1) is 14.8. The van der Waals surface area contributed by atoms with Crippen molar-refractivity contribution in [2.45, 2.75) is 26.3 Å². The zero-order chi connectivity index (χ0) is 14.4. The van der Waals surface area contributed by atoms with E-state index in [0.717, 1.165) is 0 Å². The van der Waals surface area contributed by atoms with E-state index in [4.69, 9.17) is 11.5 Å². The van der Waals surface area contributed by atoms with Crippen LogP contribution in [-0.4, -0.2) is 24.4 Å². The zero-order valence-corrected chi connectivity index (χ0v) is 11.2. The third kappa shape index (κ3) is 4.87. The monoisotopic (exact) mass is 264 g/mol. The minimum Gasteiger partial charge on any atom is -0.398 e. The van der Waals surface area contributed by atoms with Gasteiger partial charge >= 0.3 is 0 Å². The van der Waals surface area contributed by atoms with Gasteiger partial charge in [0.15, 0.2) is 0 Å². The number of carbonyl (C=O) groups is 2. The summed E-state index contributed by atoms with van der Waals surface area (Å²) in [6.45, 7) is 4.29. The Labute approximate surface area is 112 Å². The predicted octanol–water partition coefficient (Wildman–Crippen LogP) is 0.694. The van der Waals surface area contributed by atoms with Crippen LogP contribution in [-0.2, 0) is 4.79 Å². The fourth-order valence-electron chi connectivity index (χ4n) is 1.59. The number of carbonyl (C=O) groups excluding carboxylic acids is 2. The Bertz CT molecular complexity index is 472. The van der Waals surface area contributed by atoms with Gasteiger partial charge in [-0.25, -0.2) is 0 Å². The number of anilines is 2. The molecule has 0 spiro atoms. The van der Waals surface area contributed by atoms with E-state index in [1.807, 2.05) is 13.8 Å². The molecule has 0 radical (unpaired) electrons. The van der Waals surface area contributed by atoms with E-state index in [1.54, 1.807) is 18.2 Å². The SMILES string of the molecule is CC(C)NC(=O)CCNc1ccc(N)c(C(N)=O)c1. The second kappa shape index (κ2) is 6.63. The molecule has 6 nitrogen and oxygen atoms in total. The average Bonchev–Trinajstić information content (AvgIpc) is 2.30. The number of amides is 2. The fraction of sp³-hybridized carbons (Fsp3) is 0.385. The van der Waals surface area contributed by atoms with Crippen molar-refractivity contribution in [3.63, 3.8) is 0 Å². The third-order valence-corrected chi connectivity index (χ3v) is 2.45. The highest BCUT2D eigenvalue weighted by molar-refractivity contribution is 5.98. The molecule has 0 heterocycles. The highest BCUT2D eigenvalue weighted by atomic mass is 16.2. The van der Waals surface area contributed by atoms with Gasteiger partial charge in [-0.15, -0.1) is 0 Å². The number of primary amides is 1. The van der Waals surface area contributed by atoms with Crippen LogP contribution >= 0.6 is 0 Å². The Kier molecular flexibility index (Phi) is 5.17. The Morgan fingerprint density at radius 3 is 2.58 bits per heavy atom. The summed E-state index contributed by atoms with van der Waals surface area (Å²) in [6, 6.07) is 5.06. The van der Waals surface area contributed by atoms with Gasteiger partial charge < -0.3 is 22.1 Å². The van der Waals surface area contributed by atoms with E-state index in [0.29, 0.717) is 24.3 Å². The molecule has 1 rings (SSSR count). The molecule has 0 fully saturated rings. The number of nitrogen functional groups attached to an aromatic ring is 1. The molecule has 6 N–H and O–H groups in total. The summed E-state index contributed by atoms with van der Waals surface area (Å²) in [6.07, 6.45) is 0.356. The molecule has 1 aromatic carbocycles. The van der Waals surface area contributed by atoms with Crippen molar-refractivity contribution in [1.82, 2.24) is 5.32 Å². The standard InChI is InChI=1S/C13H20N4O2/c1-8(2)17-12(18)5-6-16-9-3-4-11(14)10(7-9)13(15)19/h3-4,7-8,16H,5-6,14H2,1-2H3,(H2,15,19)(H,17,18). The summed E-state index contributed by atoms with van der Waals surface area (Å²) >= 11 is 0. The molecule has 2 amide bonds. The van der Waals surface area contributed by atoms with Gasteiger partial charge in [0, 0.05) is 30.4 Å². The number of nitrogens with two attached hydrogens (primary N) is 2. The highest BCUT2D eigenvalue weighted by Gasteiger charge is 2.07. The second-order valence-corrected chi connectivity index (χ2v) is 4.57. The predicted molar refractivity (Wildman–Crippen MR) is 75.8 cm³/mol. The Balaban J connectivity index is 2.52. The molecular formula is C13H20N4O2. The second-order valence-electron chi connectivity index (χ2n) is 4.57. The van der Waals surface area contributed by atoms with Crippen molar-refractivity contribution < 1.29 is 9.59 Å². The van der Waals surface area contributed by atoms with Crippen LogP contribution in [0.15, 0.2) is 18.2 Å². The molecule has 19 heavy (non-hydrogen) atoms. The van der Waals surface area contributed by atoms with Gasteiger partial charge in [-0.3, -0.25) is 9.59 Å². The molecule has 0 aliphatic rings. The molecule has 0 atom stereocenters. The summed E-state index contributed by atoms with van der Waals surface area (Å²) in [4.78, 5) is 22.6. The van der Waals surface area contributed by atoms with Crippen LogP contribution in [0.2, 0.25) is 0 Å². The van der Waals surface area contributed by atoms with E-state index in [9.17, 15) is 9.59 Å². The largest absolute Gasteiger partial charge is 0.398 e. The van der Waals surface area contributed by atoms with Crippen molar-refractivity contribution in [3.8, 4) is 0 Å². The molecule has 0 unspecified atom stereocenters. The number of hydrogen-bond donors (Lipinski definition) is 4. The van der Waals surface area contributed by atoms with Crippen molar-refractivity contribution in [1.29, 1.82) is 0 Å². The molecule has 0 saturated heterocycles. The molecule has 6 heteroatoms. The Hall–Kier alpha value is -2.24. The lowest BCUT2D eigenvalue weighted by Crippen LogP contribution is -2.31. The van der Waals surface area contributed by atoms with Crippen molar-refractivity contribution in [3.05, 3.63) is 23.8 Å². The van der Waals surface area contributed by atoms with E-state index in [-0.39, 0.29) is 17.5 Å². The fourth-order valence-corrected chi connectivity index (χ4v) is 1.59. The van der Waals surface area contributed by atoms with Gasteiger partial charge in [0.1, 0.15) is 0 Å². The summed E-state index contributed by atoms with van der Waals surface area (Å²) < 4.78 is 0. The zero-order valence-electron chi connectivity index (χ0n) is 11.2. The minimum atomic E-state index is -0.571. The lowest BCUT2D eigenvalue weighted by Gasteiger charge is -2.10. The van der Waals surface area contributed by atoms with Gasteiger partial charge in [0.25, 0.3) is 5.91 Å². The first-order valence-electron chi connectivity index (χ1n) is 6.12. The van der Waals surface area contributed by atoms with Crippen molar-refractivity contribution >= 4 is 23.2 Å². The van der Waals surface area contributed by atoms with Crippen LogP contribution in [0.5, 0.6) is 0 Å². The number of hydrogen-bond acceptors (Lipinski definition) is 4. The quantitative estimate of drug-likeness (QED) is 0.567. The summed E-state index contributed by atoms with van der Waals surface area (Å²) in [5, 5.41) is 5.84. The van der Waals surface area contributed by atoms with E-state index in [2.05, 4.69) is 10.6 Å². The van der Waals surface area contributed by atoms with E-state index < -0.39 is 5.91 Å². The van der Waals surface area contributed by atoms with Crippen LogP contribution in [0.25, 0.3) is 0 Å². The molecule has 0 aromatic heterocycles. The minimum absolute atomic E-state index is 0.0203. The molecule has 0 aliphatic heterocycles. The van der Waals surface area contributed by atoms with Crippen molar-refractivity contribution in [2.24, 2.45) is 5.73 Å². The first-order chi connectivity index (χ1) is 8.90. The molecule has 0 saturated carbocycles. The normalized spacial score (nSPS) is 10.3. The van der Waals surface area contributed by atoms with Gasteiger partial charge in [-0.2, -0.15) is 0 Å². The molecule has 1 aromatic rings. The van der Waals surface area contributed by atoms with Gasteiger partial charge in [-0.05, 0) is 32.0 Å². The number of nitrogens with one attached hydrogen (secondary N) is 2. The van der Waals surface area contributed by atoms with Crippen LogP contribution in [0.4, 0.5) is 11.4 Å². The maximum atomic E-state index is 11.4. The molecule has 0 aliphatic carbocycles. The van der Waals surface area contributed by atoms with E-state index in [1.165, 1.54) is 0 Å². The van der Waals surface area contributed by atoms with Crippen LogP contribution in [0.3, 0.4) is 0 Å². The smallest absolute Gasteiger partial charge is 0.250 e. The summed E-state index contributed by atoms with van der Waals surface area (Å²) in [5.74, 6) is -0.591. The molecular weight excluding hydrogens is 244 g/mol. The van der Waals surface area contributed by atoms with Crippen LogP contribution < -0.4 is 22.1 Å². The molecule has 104 valence electrons.